The van der Waals surface area contributed by atoms with Gasteiger partial charge in [0.05, 0.1) is 21.8 Å². The van der Waals surface area contributed by atoms with Gasteiger partial charge in [0.15, 0.2) is 0 Å². The van der Waals surface area contributed by atoms with Gasteiger partial charge in [-0.25, -0.2) is 18.2 Å². The smallest absolute Gasteiger partial charge is 0.335 e. The zero-order chi connectivity index (χ0) is 19.3. The molecular weight excluding hydrogens is 368 g/mol. The summed E-state index contributed by atoms with van der Waals surface area (Å²) in [5, 5.41) is 16.9. The molecule has 0 saturated heterocycles. The minimum atomic E-state index is -3.76. The number of carboxylic acids is 1. The molecule has 8 nitrogen and oxygen atoms in total. The zero-order valence-electron chi connectivity index (χ0n) is 13.9. The Kier molecular flexibility index (Phi) is 5.23. The van der Waals surface area contributed by atoms with Crippen molar-refractivity contribution in [1.29, 1.82) is 0 Å². The highest BCUT2D eigenvalue weighted by Gasteiger charge is 2.14. The number of aromatic nitrogens is 1. The number of aromatic carboxylic acids is 1. The van der Waals surface area contributed by atoms with E-state index in [2.05, 4.69) is 19.9 Å². The third-order valence-corrected chi connectivity index (χ3v) is 4.80. The van der Waals surface area contributed by atoms with Crippen LogP contribution < -0.4 is 4.72 Å². The zero-order valence-corrected chi connectivity index (χ0v) is 14.7. The number of carbonyl (C=O) groups is 1. The Morgan fingerprint density at radius 2 is 1.67 bits per heavy atom. The van der Waals surface area contributed by atoms with Gasteiger partial charge in [0.1, 0.15) is 5.82 Å². The molecule has 0 aliphatic rings. The average Bonchev–Trinajstić information content (AvgIpc) is 2.67. The molecule has 0 fully saturated rings. The Morgan fingerprint density at radius 3 is 2.33 bits per heavy atom. The lowest BCUT2D eigenvalue weighted by atomic mass is 10.2. The second kappa shape index (κ2) is 7.75. The molecule has 0 bridgehead atoms. The highest BCUT2D eigenvalue weighted by atomic mass is 32.2. The summed E-state index contributed by atoms with van der Waals surface area (Å²) in [6.45, 7) is 0. The molecule has 2 aromatic carbocycles. The Hall–Kier alpha value is -3.59. The number of nitrogens with one attached hydrogen (secondary N) is 1. The van der Waals surface area contributed by atoms with Crippen molar-refractivity contribution < 1.29 is 18.3 Å². The maximum absolute atomic E-state index is 12.3. The summed E-state index contributed by atoms with van der Waals surface area (Å²) >= 11 is 0. The first-order valence-electron chi connectivity index (χ1n) is 7.73. The number of rotatable bonds is 6. The molecule has 0 aliphatic carbocycles. The van der Waals surface area contributed by atoms with E-state index in [0.29, 0.717) is 11.4 Å². The van der Waals surface area contributed by atoms with E-state index in [9.17, 15) is 13.2 Å². The lowest BCUT2D eigenvalue weighted by molar-refractivity contribution is 0.0697. The van der Waals surface area contributed by atoms with Gasteiger partial charge in [-0.3, -0.25) is 4.72 Å². The van der Waals surface area contributed by atoms with Crippen LogP contribution in [-0.4, -0.2) is 24.5 Å². The number of hydrogen-bond donors (Lipinski definition) is 2. The highest BCUT2D eigenvalue weighted by Crippen LogP contribution is 2.22. The molecule has 3 rings (SSSR count). The SMILES string of the molecule is O=C(O)c1cccc(N=Nc2ccc(S(=O)(=O)Nc3ccccn3)cc2)c1. The molecular formula is C18H14N4O4S. The molecule has 1 heterocycles. The van der Waals surface area contributed by atoms with Crippen LogP contribution in [0.15, 0.2) is 88.1 Å². The Morgan fingerprint density at radius 1 is 0.926 bits per heavy atom. The van der Waals surface area contributed by atoms with E-state index in [1.807, 2.05) is 0 Å². The average molecular weight is 382 g/mol. The largest absolute Gasteiger partial charge is 0.478 e. The number of benzene rings is 2. The number of sulfonamides is 1. The van der Waals surface area contributed by atoms with E-state index in [0.717, 1.165) is 0 Å². The number of anilines is 1. The van der Waals surface area contributed by atoms with Gasteiger partial charge in [-0.15, -0.1) is 0 Å². The van der Waals surface area contributed by atoms with Crippen LogP contribution >= 0.6 is 0 Å². The van der Waals surface area contributed by atoms with Crippen LogP contribution in [-0.2, 0) is 10.0 Å². The first-order valence-corrected chi connectivity index (χ1v) is 9.21. The van der Waals surface area contributed by atoms with Crippen molar-refractivity contribution in [3.63, 3.8) is 0 Å². The first-order chi connectivity index (χ1) is 12.9. The van der Waals surface area contributed by atoms with Crippen LogP contribution in [0, 0.1) is 0 Å². The maximum Gasteiger partial charge on any atom is 0.335 e. The molecule has 2 N–H and O–H groups in total. The van der Waals surface area contributed by atoms with Gasteiger partial charge < -0.3 is 5.11 Å². The topological polar surface area (TPSA) is 121 Å². The fourth-order valence-corrected chi connectivity index (χ4v) is 3.14. The van der Waals surface area contributed by atoms with E-state index in [1.165, 1.54) is 42.6 Å². The lowest BCUT2D eigenvalue weighted by Gasteiger charge is -2.06. The maximum atomic E-state index is 12.3. The molecule has 0 unspecified atom stereocenters. The Labute approximate surface area is 155 Å². The Balaban J connectivity index is 1.75. The highest BCUT2D eigenvalue weighted by molar-refractivity contribution is 7.92. The molecule has 0 atom stereocenters. The first kappa shape index (κ1) is 18.2. The standard InChI is InChI=1S/C18H14N4O4S/c23-18(24)13-4-3-5-15(12-13)21-20-14-7-9-16(10-8-14)27(25,26)22-17-6-1-2-11-19-17/h1-12H,(H,19,22)(H,23,24). The molecule has 136 valence electrons. The van der Waals surface area contributed by atoms with E-state index in [4.69, 9.17) is 5.11 Å². The second-order valence-corrected chi connectivity index (χ2v) is 7.05. The predicted molar refractivity (Wildman–Crippen MR) is 99.1 cm³/mol. The molecule has 0 amide bonds. The summed E-state index contributed by atoms with van der Waals surface area (Å²) in [6, 6.07) is 16.7. The number of azo groups is 1. The minimum Gasteiger partial charge on any atom is -0.478 e. The summed E-state index contributed by atoms with van der Waals surface area (Å²) in [5.41, 5.74) is 0.907. The van der Waals surface area contributed by atoms with Gasteiger partial charge in [0, 0.05) is 6.20 Å². The van der Waals surface area contributed by atoms with Gasteiger partial charge in [-0.05, 0) is 54.6 Å². The van der Waals surface area contributed by atoms with Crippen molar-refractivity contribution in [3.05, 3.63) is 78.5 Å². The summed E-state index contributed by atoms with van der Waals surface area (Å²) in [6.07, 6.45) is 1.49. The Bertz CT molecular complexity index is 1080. The van der Waals surface area contributed by atoms with Crippen LogP contribution in [0.3, 0.4) is 0 Å². The number of nitrogens with zero attached hydrogens (tertiary/aromatic N) is 3. The minimum absolute atomic E-state index is 0.0555. The molecule has 9 heteroatoms. The van der Waals surface area contributed by atoms with Crippen molar-refractivity contribution in [2.24, 2.45) is 10.2 Å². The molecule has 0 spiro atoms. The van der Waals surface area contributed by atoms with Crippen LogP contribution in [0.25, 0.3) is 0 Å². The molecule has 0 radical (unpaired) electrons. The summed E-state index contributed by atoms with van der Waals surface area (Å²) in [7, 11) is -3.76. The van der Waals surface area contributed by atoms with E-state index in [-0.39, 0.29) is 16.3 Å². The van der Waals surface area contributed by atoms with E-state index < -0.39 is 16.0 Å². The van der Waals surface area contributed by atoms with Gasteiger partial charge >= 0.3 is 5.97 Å². The molecule has 0 aliphatic heterocycles. The van der Waals surface area contributed by atoms with Crippen molar-refractivity contribution in [2.45, 2.75) is 4.90 Å². The normalized spacial score (nSPS) is 11.4. The second-order valence-electron chi connectivity index (χ2n) is 5.37. The van der Waals surface area contributed by atoms with Crippen LogP contribution in [0.4, 0.5) is 17.2 Å². The molecule has 1 aromatic heterocycles. The van der Waals surface area contributed by atoms with Crippen molar-refractivity contribution in [1.82, 2.24) is 4.98 Å². The third kappa shape index (κ3) is 4.73. The summed E-state index contributed by atoms with van der Waals surface area (Å²) in [5.74, 6) is -0.832. The molecule has 3 aromatic rings. The van der Waals surface area contributed by atoms with Crippen LogP contribution in [0.1, 0.15) is 10.4 Å². The summed E-state index contributed by atoms with van der Waals surface area (Å²) < 4.78 is 27.0. The van der Waals surface area contributed by atoms with Crippen molar-refractivity contribution in [2.75, 3.05) is 4.72 Å². The summed E-state index contributed by atoms with van der Waals surface area (Å²) in [4.78, 5) is 14.9. The number of carboxylic acid groups (broad SMARTS) is 1. The fraction of sp³-hybridized carbons (Fsp3) is 0. The third-order valence-electron chi connectivity index (χ3n) is 3.42. The van der Waals surface area contributed by atoms with Crippen LogP contribution in [0.2, 0.25) is 0 Å². The van der Waals surface area contributed by atoms with Gasteiger partial charge in [0.2, 0.25) is 0 Å². The van der Waals surface area contributed by atoms with Crippen molar-refractivity contribution >= 4 is 33.2 Å². The van der Waals surface area contributed by atoms with E-state index >= 15 is 0 Å². The fourth-order valence-electron chi connectivity index (χ4n) is 2.13. The monoisotopic (exact) mass is 382 g/mol. The molecule has 27 heavy (non-hydrogen) atoms. The van der Waals surface area contributed by atoms with E-state index in [1.54, 1.807) is 30.3 Å². The number of hydrogen-bond acceptors (Lipinski definition) is 6. The van der Waals surface area contributed by atoms with Gasteiger partial charge in [0.25, 0.3) is 10.0 Å². The quantitative estimate of drug-likeness (QED) is 0.624. The predicted octanol–water partition coefficient (Wildman–Crippen LogP) is 4.00. The van der Waals surface area contributed by atoms with Crippen LogP contribution in [0.5, 0.6) is 0 Å². The van der Waals surface area contributed by atoms with Gasteiger partial charge in [-0.2, -0.15) is 10.2 Å². The molecule has 0 saturated carbocycles. The lowest BCUT2D eigenvalue weighted by Crippen LogP contribution is -2.13. The van der Waals surface area contributed by atoms with Gasteiger partial charge in [-0.1, -0.05) is 12.1 Å². The number of pyridine rings is 1. The van der Waals surface area contributed by atoms with Crippen molar-refractivity contribution in [3.8, 4) is 0 Å².